The van der Waals surface area contributed by atoms with Crippen LogP contribution < -0.4 is 11.2 Å². The van der Waals surface area contributed by atoms with Crippen molar-refractivity contribution in [2.45, 2.75) is 161 Å². The maximum Gasteiger partial charge on any atom is 0.322 e. The van der Waals surface area contributed by atoms with Crippen molar-refractivity contribution in [3.05, 3.63) is 0 Å². The van der Waals surface area contributed by atoms with E-state index in [1.165, 1.54) is 116 Å². The Hall–Kier alpha value is -1.14. The Morgan fingerprint density at radius 2 is 1.00 bits per heavy atom. The molecule has 0 aliphatic heterocycles. The first-order valence-corrected chi connectivity index (χ1v) is 15.0. The average Bonchev–Trinajstić information content (AvgIpc) is 2.83. The zero-order chi connectivity index (χ0) is 26.0. The van der Waals surface area contributed by atoms with Crippen LogP contribution in [0.2, 0.25) is 0 Å². The van der Waals surface area contributed by atoms with Crippen LogP contribution in [-0.2, 0) is 9.59 Å². The van der Waals surface area contributed by atoms with E-state index in [1.54, 1.807) is 0 Å². The van der Waals surface area contributed by atoms with Gasteiger partial charge in [0.15, 0.2) is 0 Å². The summed E-state index contributed by atoms with van der Waals surface area (Å²) < 4.78 is 0. The summed E-state index contributed by atoms with van der Waals surface area (Å²) in [6.45, 7) is 6.22. The third-order valence-corrected chi connectivity index (χ3v) is 6.88. The molecule has 4 N–H and O–H groups in total. The van der Waals surface area contributed by atoms with Gasteiger partial charge >= 0.3 is 5.97 Å². The van der Waals surface area contributed by atoms with E-state index >= 15 is 0 Å². The second kappa shape index (κ2) is 25.9. The normalized spacial score (nSPS) is 12.3. The summed E-state index contributed by atoms with van der Waals surface area (Å²) in [7, 11) is 0. The van der Waals surface area contributed by atoms with Crippen LogP contribution in [0.3, 0.4) is 0 Å². The maximum atomic E-state index is 11.7. The highest BCUT2D eigenvalue weighted by atomic mass is 16.4. The number of nitrogens with one attached hydrogen (secondary N) is 1. The molecule has 0 radical (unpaired) electrons. The van der Waals surface area contributed by atoms with Gasteiger partial charge in [-0.1, -0.05) is 129 Å². The lowest BCUT2D eigenvalue weighted by molar-refractivity contribution is -0.141. The molecule has 0 saturated heterocycles. The van der Waals surface area contributed by atoms with Gasteiger partial charge in [-0.3, -0.25) is 9.59 Å². The van der Waals surface area contributed by atoms with Crippen LogP contribution in [0, 0.1) is 0 Å². The number of nitrogens with zero attached hydrogens (tertiary/aromatic N) is 1. The fraction of sp³-hybridized carbons (Fsp3) is 0.931. The molecular formula is C29H59N3O3. The highest BCUT2D eigenvalue weighted by Gasteiger charge is 2.20. The maximum absolute atomic E-state index is 11.7. The minimum Gasteiger partial charge on any atom is -0.480 e. The van der Waals surface area contributed by atoms with Gasteiger partial charge < -0.3 is 10.8 Å². The van der Waals surface area contributed by atoms with Crippen molar-refractivity contribution in [3.8, 4) is 0 Å². The number of aliphatic carboxylic acids is 1. The van der Waals surface area contributed by atoms with Crippen molar-refractivity contribution in [3.63, 3.8) is 0 Å². The third kappa shape index (κ3) is 24.3. The van der Waals surface area contributed by atoms with Crippen LogP contribution in [0.4, 0.5) is 0 Å². The molecule has 0 aromatic rings. The van der Waals surface area contributed by atoms with Crippen LogP contribution in [0.1, 0.15) is 155 Å². The Balaban J connectivity index is 4.22. The lowest BCUT2D eigenvalue weighted by atomic mass is 10.1. The van der Waals surface area contributed by atoms with Gasteiger partial charge in [-0.25, -0.2) is 10.4 Å². The zero-order valence-corrected chi connectivity index (χ0v) is 23.3. The van der Waals surface area contributed by atoms with Crippen molar-refractivity contribution >= 4 is 11.9 Å². The third-order valence-electron chi connectivity index (χ3n) is 6.88. The largest absolute Gasteiger partial charge is 0.480 e. The first-order valence-electron chi connectivity index (χ1n) is 15.0. The van der Waals surface area contributed by atoms with Gasteiger partial charge in [0.05, 0.1) is 0 Å². The molecule has 35 heavy (non-hydrogen) atoms. The molecule has 0 bridgehead atoms. The number of amides is 1. The molecular weight excluding hydrogens is 438 g/mol. The van der Waals surface area contributed by atoms with Crippen molar-refractivity contribution in [1.82, 2.24) is 10.4 Å². The van der Waals surface area contributed by atoms with Crippen LogP contribution in [0.5, 0.6) is 0 Å². The summed E-state index contributed by atoms with van der Waals surface area (Å²) in [6.07, 6.45) is 26.1. The summed E-state index contributed by atoms with van der Waals surface area (Å²) in [5, 5.41) is 11.7. The van der Waals surface area contributed by atoms with E-state index in [4.69, 9.17) is 5.73 Å². The van der Waals surface area contributed by atoms with Gasteiger partial charge in [-0.15, -0.1) is 0 Å². The number of carboxylic acids is 1. The number of hydrazine groups is 1. The van der Waals surface area contributed by atoms with E-state index in [2.05, 4.69) is 24.3 Å². The molecule has 6 nitrogen and oxygen atoms in total. The predicted octanol–water partition coefficient (Wildman–Crippen LogP) is 7.35. The van der Waals surface area contributed by atoms with E-state index in [1.807, 2.05) is 0 Å². The van der Waals surface area contributed by atoms with E-state index in [-0.39, 0.29) is 12.8 Å². The van der Waals surface area contributed by atoms with Gasteiger partial charge in [0.25, 0.3) is 0 Å². The molecule has 0 aromatic heterocycles. The van der Waals surface area contributed by atoms with E-state index in [0.717, 1.165) is 25.9 Å². The fourth-order valence-corrected chi connectivity index (χ4v) is 4.57. The lowest BCUT2D eigenvalue weighted by Crippen LogP contribution is -2.49. The highest BCUT2D eigenvalue weighted by Crippen LogP contribution is 2.13. The summed E-state index contributed by atoms with van der Waals surface area (Å²) >= 11 is 0. The predicted molar refractivity (Wildman–Crippen MR) is 148 cm³/mol. The second-order valence-corrected chi connectivity index (χ2v) is 10.4. The van der Waals surface area contributed by atoms with Gasteiger partial charge in [0.2, 0.25) is 5.91 Å². The van der Waals surface area contributed by atoms with Crippen molar-refractivity contribution in [1.29, 1.82) is 0 Å². The molecule has 1 amide bonds. The van der Waals surface area contributed by atoms with E-state index < -0.39 is 17.9 Å². The molecule has 208 valence electrons. The quantitative estimate of drug-likeness (QED) is 0.0775. The Labute approximate surface area is 217 Å². The summed E-state index contributed by atoms with van der Waals surface area (Å²) in [4.78, 5) is 22.8. The van der Waals surface area contributed by atoms with Gasteiger partial charge in [0.1, 0.15) is 6.04 Å². The molecule has 6 heteroatoms. The number of primary amides is 1. The average molecular weight is 498 g/mol. The molecule has 1 atom stereocenters. The lowest BCUT2D eigenvalue weighted by Gasteiger charge is -2.27. The van der Waals surface area contributed by atoms with E-state index in [0.29, 0.717) is 0 Å². The first kappa shape index (κ1) is 33.9. The number of nitrogens with two attached hydrogens (primary N) is 1. The molecule has 0 spiro atoms. The number of carboxylic acid groups (broad SMARTS) is 1. The molecule has 0 aromatic carbocycles. The Kier molecular flexibility index (Phi) is 25.1. The number of carbonyl (C=O) groups is 2. The second-order valence-electron chi connectivity index (χ2n) is 10.4. The minimum absolute atomic E-state index is 0.0916. The van der Waals surface area contributed by atoms with Gasteiger partial charge in [-0.05, 0) is 19.3 Å². The number of carbonyl (C=O) groups excluding carboxylic acids is 1. The number of unbranched alkanes of at least 4 members (excludes halogenated alkanes) is 18. The van der Waals surface area contributed by atoms with Gasteiger partial charge in [0, 0.05) is 19.5 Å². The van der Waals surface area contributed by atoms with Crippen LogP contribution in [-0.4, -0.2) is 41.1 Å². The van der Waals surface area contributed by atoms with Gasteiger partial charge in [-0.2, -0.15) is 0 Å². The Bertz CT molecular complexity index is 464. The summed E-state index contributed by atoms with van der Waals surface area (Å²) in [5.41, 5.74) is 8.44. The van der Waals surface area contributed by atoms with Crippen LogP contribution >= 0.6 is 0 Å². The van der Waals surface area contributed by atoms with Crippen molar-refractivity contribution in [2.75, 3.05) is 13.1 Å². The zero-order valence-electron chi connectivity index (χ0n) is 23.3. The molecule has 0 unspecified atom stereocenters. The van der Waals surface area contributed by atoms with Crippen molar-refractivity contribution in [2.24, 2.45) is 5.73 Å². The minimum atomic E-state index is -0.914. The molecule has 0 saturated carbocycles. The van der Waals surface area contributed by atoms with Crippen LogP contribution in [0.25, 0.3) is 0 Å². The Morgan fingerprint density at radius 3 is 1.31 bits per heavy atom. The fourth-order valence-electron chi connectivity index (χ4n) is 4.57. The van der Waals surface area contributed by atoms with Crippen LogP contribution in [0.15, 0.2) is 0 Å². The van der Waals surface area contributed by atoms with E-state index in [9.17, 15) is 14.7 Å². The topological polar surface area (TPSA) is 95.7 Å². The monoisotopic (exact) mass is 497 g/mol. The summed E-state index contributed by atoms with van der Waals surface area (Å²) in [5.74, 6) is -1.36. The number of rotatable bonds is 28. The van der Waals surface area contributed by atoms with Crippen molar-refractivity contribution < 1.29 is 14.7 Å². The SMILES string of the molecule is CCCCCCCCCCCCN(CCCCCCCCCCCC)N[C@@H](CCC(N)=O)C(=O)O. The molecule has 0 rings (SSSR count). The summed E-state index contributed by atoms with van der Waals surface area (Å²) in [6, 6.07) is -0.756. The molecule has 0 aliphatic carbocycles. The molecule has 0 heterocycles. The number of hydrogen-bond acceptors (Lipinski definition) is 4. The number of hydrogen-bond donors (Lipinski definition) is 3. The Morgan fingerprint density at radius 1 is 0.657 bits per heavy atom. The standard InChI is InChI=1S/C29H59N3O3/c1-3-5-7-9-11-13-15-17-19-21-25-32(31-27(29(34)35)23-24-28(30)33)26-22-20-18-16-14-12-10-8-6-4-2/h27,31H,3-26H2,1-2H3,(H2,30,33)(H,34,35)/t27-/m0/s1. The highest BCUT2D eigenvalue weighted by molar-refractivity contribution is 5.77. The molecule has 0 fully saturated rings. The smallest absolute Gasteiger partial charge is 0.322 e. The first-order chi connectivity index (χ1) is 17.0. The molecule has 0 aliphatic rings.